The van der Waals surface area contributed by atoms with E-state index in [1.165, 1.54) is 4.90 Å². The highest BCUT2D eigenvalue weighted by Gasteiger charge is 2.57. The molecular formula is C14H20N2O4. The molecule has 2 aliphatic heterocycles. The number of urea groups is 1. The Balaban J connectivity index is 1.63. The third-order valence-corrected chi connectivity index (χ3v) is 4.71. The molecule has 1 saturated carbocycles. The number of amides is 4. The number of nitrogens with zero attached hydrogens (tertiary/aromatic N) is 1. The van der Waals surface area contributed by atoms with Crippen LogP contribution in [0.2, 0.25) is 0 Å². The fourth-order valence-electron chi connectivity index (χ4n) is 3.21. The molecule has 6 heteroatoms. The maximum atomic E-state index is 12.4. The monoisotopic (exact) mass is 280 g/mol. The molecule has 2 heterocycles. The van der Waals surface area contributed by atoms with E-state index in [0.717, 1.165) is 32.3 Å². The Morgan fingerprint density at radius 1 is 1.20 bits per heavy atom. The standard InChI is InChI=1S/C14H20N2O4/c17-11-14(6-3-7-14)12(18)16(13(19)15-11)8-5-10-4-1-2-9-20-10/h10H,1-9H2,(H,15,17,19). The molecule has 3 rings (SSSR count). The summed E-state index contributed by atoms with van der Waals surface area (Å²) in [5.41, 5.74) is -0.957. The summed E-state index contributed by atoms with van der Waals surface area (Å²) in [4.78, 5) is 37.3. The number of ether oxygens (including phenoxy) is 1. The van der Waals surface area contributed by atoms with Crippen LogP contribution in [0.5, 0.6) is 0 Å². The minimum absolute atomic E-state index is 0.124. The van der Waals surface area contributed by atoms with Crippen molar-refractivity contribution >= 4 is 17.8 Å². The number of carbonyl (C=O) groups is 3. The summed E-state index contributed by atoms with van der Waals surface area (Å²) in [5.74, 6) is -0.725. The van der Waals surface area contributed by atoms with Gasteiger partial charge in [-0.05, 0) is 38.5 Å². The van der Waals surface area contributed by atoms with Crippen LogP contribution in [-0.4, -0.2) is 42.0 Å². The predicted molar refractivity (Wildman–Crippen MR) is 69.7 cm³/mol. The van der Waals surface area contributed by atoms with Gasteiger partial charge in [0.05, 0.1) is 6.10 Å². The van der Waals surface area contributed by atoms with Gasteiger partial charge in [-0.25, -0.2) is 4.79 Å². The van der Waals surface area contributed by atoms with Crippen molar-refractivity contribution in [3.05, 3.63) is 0 Å². The van der Waals surface area contributed by atoms with E-state index in [2.05, 4.69) is 5.32 Å². The number of rotatable bonds is 3. The lowest BCUT2D eigenvalue weighted by Crippen LogP contribution is -2.66. The van der Waals surface area contributed by atoms with Gasteiger partial charge in [-0.2, -0.15) is 0 Å². The van der Waals surface area contributed by atoms with Crippen LogP contribution in [0.1, 0.15) is 44.9 Å². The van der Waals surface area contributed by atoms with E-state index in [1.807, 2.05) is 0 Å². The summed E-state index contributed by atoms with van der Waals surface area (Å²) in [5, 5.41) is 2.33. The third-order valence-electron chi connectivity index (χ3n) is 4.71. The predicted octanol–water partition coefficient (Wildman–Crippen LogP) is 1.19. The molecule has 1 spiro atoms. The zero-order valence-corrected chi connectivity index (χ0v) is 11.5. The lowest BCUT2D eigenvalue weighted by Gasteiger charge is -2.44. The first kappa shape index (κ1) is 13.5. The topological polar surface area (TPSA) is 75.7 Å². The molecule has 3 fully saturated rings. The first-order valence-corrected chi connectivity index (χ1v) is 7.42. The average molecular weight is 280 g/mol. The summed E-state index contributed by atoms with van der Waals surface area (Å²) < 4.78 is 5.62. The van der Waals surface area contributed by atoms with Crippen molar-refractivity contribution in [1.82, 2.24) is 10.2 Å². The molecule has 110 valence electrons. The van der Waals surface area contributed by atoms with Crippen LogP contribution < -0.4 is 5.32 Å². The molecule has 1 atom stereocenters. The molecule has 0 aromatic rings. The molecule has 1 aliphatic carbocycles. The lowest BCUT2D eigenvalue weighted by atomic mass is 9.66. The molecule has 2 saturated heterocycles. The van der Waals surface area contributed by atoms with Crippen LogP contribution in [0.3, 0.4) is 0 Å². The van der Waals surface area contributed by atoms with E-state index in [-0.39, 0.29) is 12.0 Å². The largest absolute Gasteiger partial charge is 0.378 e. The molecule has 1 N–H and O–H groups in total. The molecule has 4 amide bonds. The van der Waals surface area contributed by atoms with Crippen LogP contribution in [0, 0.1) is 5.41 Å². The van der Waals surface area contributed by atoms with Gasteiger partial charge in [0, 0.05) is 13.2 Å². The number of nitrogens with one attached hydrogen (secondary N) is 1. The van der Waals surface area contributed by atoms with Crippen molar-refractivity contribution in [1.29, 1.82) is 0 Å². The second-order valence-electron chi connectivity index (χ2n) is 5.93. The summed E-state index contributed by atoms with van der Waals surface area (Å²) in [6, 6.07) is -0.576. The van der Waals surface area contributed by atoms with E-state index in [9.17, 15) is 14.4 Å². The minimum atomic E-state index is -0.957. The van der Waals surface area contributed by atoms with Crippen molar-refractivity contribution < 1.29 is 19.1 Å². The van der Waals surface area contributed by atoms with E-state index in [1.54, 1.807) is 0 Å². The highest BCUT2D eigenvalue weighted by molar-refractivity contribution is 6.19. The Hall–Kier alpha value is -1.43. The third kappa shape index (κ3) is 2.12. The Morgan fingerprint density at radius 3 is 2.60 bits per heavy atom. The first-order chi connectivity index (χ1) is 9.63. The SMILES string of the molecule is O=C1NC(=O)C2(CCC2)C(=O)N1CCC1CCCCO1. The first-order valence-electron chi connectivity index (χ1n) is 7.42. The van der Waals surface area contributed by atoms with E-state index in [4.69, 9.17) is 4.74 Å². The van der Waals surface area contributed by atoms with E-state index < -0.39 is 17.4 Å². The average Bonchev–Trinajstić information content (AvgIpc) is 2.37. The van der Waals surface area contributed by atoms with E-state index in [0.29, 0.717) is 25.8 Å². The fourth-order valence-corrected chi connectivity index (χ4v) is 3.21. The highest BCUT2D eigenvalue weighted by Crippen LogP contribution is 2.44. The normalized spacial score (nSPS) is 29.3. The van der Waals surface area contributed by atoms with Gasteiger partial charge in [-0.1, -0.05) is 6.42 Å². The zero-order valence-electron chi connectivity index (χ0n) is 11.5. The van der Waals surface area contributed by atoms with Crippen LogP contribution in [0.4, 0.5) is 4.79 Å². The van der Waals surface area contributed by atoms with Crippen LogP contribution in [0.15, 0.2) is 0 Å². The van der Waals surface area contributed by atoms with Crippen molar-refractivity contribution in [2.24, 2.45) is 5.41 Å². The summed E-state index contributed by atoms with van der Waals surface area (Å²) in [6.45, 7) is 1.09. The van der Waals surface area contributed by atoms with Crippen molar-refractivity contribution in [2.75, 3.05) is 13.2 Å². The Morgan fingerprint density at radius 2 is 2.00 bits per heavy atom. The van der Waals surface area contributed by atoms with Crippen molar-refractivity contribution in [2.45, 2.75) is 51.0 Å². The molecule has 6 nitrogen and oxygen atoms in total. The van der Waals surface area contributed by atoms with Crippen LogP contribution >= 0.6 is 0 Å². The van der Waals surface area contributed by atoms with Gasteiger partial charge < -0.3 is 4.74 Å². The number of carbonyl (C=O) groups excluding carboxylic acids is 3. The second-order valence-corrected chi connectivity index (χ2v) is 5.93. The zero-order chi connectivity index (χ0) is 14.2. The molecule has 20 heavy (non-hydrogen) atoms. The summed E-state index contributed by atoms with van der Waals surface area (Å²) >= 11 is 0. The number of hydrogen-bond donors (Lipinski definition) is 1. The number of barbiturate groups is 1. The van der Waals surface area contributed by atoms with Gasteiger partial charge in [0.15, 0.2) is 0 Å². The quantitative estimate of drug-likeness (QED) is 0.788. The molecule has 0 radical (unpaired) electrons. The molecular weight excluding hydrogens is 260 g/mol. The van der Waals surface area contributed by atoms with Gasteiger partial charge in [0.25, 0.3) is 0 Å². The fraction of sp³-hybridized carbons (Fsp3) is 0.786. The molecule has 1 unspecified atom stereocenters. The summed E-state index contributed by atoms with van der Waals surface area (Å²) in [7, 11) is 0. The van der Waals surface area contributed by atoms with Gasteiger partial charge in [0.2, 0.25) is 11.8 Å². The number of imide groups is 2. The van der Waals surface area contributed by atoms with Crippen LogP contribution in [0.25, 0.3) is 0 Å². The van der Waals surface area contributed by atoms with Crippen molar-refractivity contribution in [3.63, 3.8) is 0 Å². The summed E-state index contributed by atoms with van der Waals surface area (Å²) in [6.07, 6.45) is 5.96. The lowest BCUT2D eigenvalue weighted by molar-refractivity contribution is -0.157. The van der Waals surface area contributed by atoms with Gasteiger partial charge in [-0.3, -0.25) is 19.8 Å². The molecule has 3 aliphatic rings. The van der Waals surface area contributed by atoms with Crippen molar-refractivity contribution in [3.8, 4) is 0 Å². The number of hydrogen-bond acceptors (Lipinski definition) is 4. The second kappa shape index (κ2) is 5.16. The minimum Gasteiger partial charge on any atom is -0.378 e. The van der Waals surface area contributed by atoms with Gasteiger partial charge >= 0.3 is 6.03 Å². The smallest absolute Gasteiger partial charge is 0.330 e. The van der Waals surface area contributed by atoms with Crippen LogP contribution in [-0.2, 0) is 14.3 Å². The maximum Gasteiger partial charge on any atom is 0.330 e. The Labute approximate surface area is 117 Å². The van der Waals surface area contributed by atoms with E-state index >= 15 is 0 Å². The maximum absolute atomic E-state index is 12.4. The Bertz CT molecular complexity index is 438. The molecule has 0 bridgehead atoms. The Kier molecular flexibility index (Phi) is 3.50. The molecule has 0 aromatic heterocycles. The highest BCUT2D eigenvalue weighted by atomic mass is 16.5. The molecule has 0 aromatic carbocycles. The van der Waals surface area contributed by atoms with Gasteiger partial charge in [-0.15, -0.1) is 0 Å². The van der Waals surface area contributed by atoms with Gasteiger partial charge in [0.1, 0.15) is 5.41 Å².